The monoisotopic (exact) mass is 152 g/mol. The molecule has 1 aliphatic rings. The molecule has 11 heavy (non-hydrogen) atoms. The Morgan fingerprint density at radius 1 is 1.55 bits per heavy atom. The Hall–Kier alpha value is -0.630. The van der Waals surface area contributed by atoms with Gasteiger partial charge in [-0.05, 0) is 39.4 Å². The molecule has 62 valence electrons. The third-order valence-corrected chi connectivity index (χ3v) is 2.02. The van der Waals surface area contributed by atoms with Crippen LogP contribution in [0.3, 0.4) is 0 Å². The topological polar surface area (TPSA) is 24.4 Å². The maximum absolute atomic E-state index is 4.38. The van der Waals surface area contributed by atoms with Crippen molar-refractivity contribution < 1.29 is 0 Å². The summed E-state index contributed by atoms with van der Waals surface area (Å²) in [7, 11) is 1.98. The van der Waals surface area contributed by atoms with Crippen molar-refractivity contribution in [3.8, 4) is 0 Å². The molecule has 0 aliphatic carbocycles. The zero-order valence-corrected chi connectivity index (χ0v) is 7.30. The minimum absolute atomic E-state index is 0.0941. The van der Waals surface area contributed by atoms with Crippen LogP contribution in [-0.4, -0.2) is 25.3 Å². The predicted octanol–water partition coefficient (Wildman–Crippen LogP) is 1.39. The molecule has 1 rings (SSSR count). The fourth-order valence-corrected chi connectivity index (χ4v) is 1.28. The lowest BCUT2D eigenvalue weighted by molar-refractivity contribution is 0.512. The van der Waals surface area contributed by atoms with Crippen molar-refractivity contribution in [2.45, 2.75) is 25.3 Å². The normalized spacial score (nSPS) is 28.2. The van der Waals surface area contributed by atoms with Crippen LogP contribution in [0.15, 0.2) is 17.1 Å². The van der Waals surface area contributed by atoms with Crippen molar-refractivity contribution in [1.82, 2.24) is 5.32 Å². The number of allylic oxidation sites excluding steroid dienone is 1. The van der Waals surface area contributed by atoms with E-state index in [1.807, 2.05) is 19.3 Å². The molecule has 2 nitrogen and oxygen atoms in total. The van der Waals surface area contributed by atoms with Crippen LogP contribution in [0.1, 0.15) is 19.8 Å². The van der Waals surface area contributed by atoms with Crippen LogP contribution in [0.4, 0.5) is 0 Å². The predicted molar refractivity (Wildman–Crippen MR) is 49.2 cm³/mol. The highest BCUT2D eigenvalue weighted by Crippen LogP contribution is 2.21. The largest absolute Gasteiger partial charge is 0.320 e. The molecule has 0 aromatic carbocycles. The molecular weight excluding hydrogens is 136 g/mol. The van der Waals surface area contributed by atoms with Gasteiger partial charge in [-0.25, -0.2) is 0 Å². The van der Waals surface area contributed by atoms with Gasteiger partial charge in [0.25, 0.3) is 0 Å². The summed E-state index contributed by atoms with van der Waals surface area (Å²) in [6, 6.07) is 0. The highest BCUT2D eigenvalue weighted by atomic mass is 14.9. The van der Waals surface area contributed by atoms with E-state index in [1.54, 1.807) is 0 Å². The van der Waals surface area contributed by atoms with Crippen LogP contribution >= 0.6 is 0 Å². The lowest BCUT2D eigenvalue weighted by Crippen LogP contribution is -2.19. The Morgan fingerprint density at radius 2 is 2.36 bits per heavy atom. The average molecular weight is 152 g/mol. The minimum Gasteiger partial charge on any atom is -0.320 e. The maximum atomic E-state index is 4.38. The fourth-order valence-electron chi connectivity index (χ4n) is 1.28. The Bertz CT molecular complexity index is 158. The maximum Gasteiger partial charge on any atom is 0.0763 e. The van der Waals surface area contributed by atoms with Gasteiger partial charge >= 0.3 is 0 Å². The van der Waals surface area contributed by atoms with E-state index in [9.17, 15) is 0 Å². The van der Waals surface area contributed by atoms with E-state index in [0.717, 1.165) is 13.0 Å². The van der Waals surface area contributed by atoms with Gasteiger partial charge in [-0.1, -0.05) is 6.08 Å². The molecular formula is C9H16N2. The summed E-state index contributed by atoms with van der Waals surface area (Å²) in [4.78, 5) is 4.38. The third kappa shape index (κ3) is 2.46. The van der Waals surface area contributed by atoms with Crippen LogP contribution in [-0.2, 0) is 0 Å². The molecule has 1 aliphatic heterocycles. The lowest BCUT2D eigenvalue weighted by atomic mass is 9.98. The molecule has 1 N–H and O–H groups in total. The summed E-state index contributed by atoms with van der Waals surface area (Å²) in [5.74, 6) is 0. The van der Waals surface area contributed by atoms with Crippen LogP contribution in [0.25, 0.3) is 0 Å². The first kappa shape index (κ1) is 8.47. The molecule has 0 aromatic rings. The Morgan fingerprint density at radius 3 is 2.91 bits per heavy atom. The van der Waals surface area contributed by atoms with E-state index in [1.165, 1.54) is 6.42 Å². The molecule has 1 unspecified atom stereocenters. The van der Waals surface area contributed by atoms with Crippen molar-refractivity contribution in [1.29, 1.82) is 0 Å². The second kappa shape index (κ2) is 3.67. The molecule has 0 bridgehead atoms. The van der Waals surface area contributed by atoms with E-state index in [-0.39, 0.29) is 5.54 Å². The van der Waals surface area contributed by atoms with Gasteiger partial charge in [0.15, 0.2) is 0 Å². The van der Waals surface area contributed by atoms with E-state index < -0.39 is 0 Å². The molecule has 1 heterocycles. The number of hydrogen-bond acceptors (Lipinski definition) is 2. The molecule has 0 radical (unpaired) electrons. The van der Waals surface area contributed by atoms with Crippen molar-refractivity contribution in [2.24, 2.45) is 4.99 Å². The summed E-state index contributed by atoms with van der Waals surface area (Å²) in [5.41, 5.74) is 0.0941. The quantitative estimate of drug-likeness (QED) is 0.605. The van der Waals surface area contributed by atoms with Crippen molar-refractivity contribution in [3.63, 3.8) is 0 Å². The van der Waals surface area contributed by atoms with Crippen LogP contribution in [0.5, 0.6) is 0 Å². The molecule has 0 amide bonds. The second-order valence-corrected chi connectivity index (χ2v) is 3.20. The van der Waals surface area contributed by atoms with Gasteiger partial charge in [0, 0.05) is 6.21 Å². The van der Waals surface area contributed by atoms with Crippen LogP contribution in [0, 0.1) is 0 Å². The zero-order valence-electron chi connectivity index (χ0n) is 7.30. The highest BCUT2D eigenvalue weighted by molar-refractivity contribution is 5.75. The molecule has 0 fully saturated rings. The summed E-state index contributed by atoms with van der Waals surface area (Å²) < 4.78 is 0. The van der Waals surface area contributed by atoms with Crippen LogP contribution in [0.2, 0.25) is 0 Å². The molecule has 0 saturated heterocycles. The smallest absolute Gasteiger partial charge is 0.0763 e. The van der Waals surface area contributed by atoms with Gasteiger partial charge in [0.2, 0.25) is 0 Å². The molecule has 2 heteroatoms. The van der Waals surface area contributed by atoms with E-state index in [4.69, 9.17) is 0 Å². The highest BCUT2D eigenvalue weighted by Gasteiger charge is 2.19. The SMILES string of the molecule is CNCCCC1(C)C=CC=N1. The number of hydrogen-bond donors (Lipinski definition) is 1. The first-order chi connectivity index (χ1) is 5.27. The zero-order chi connectivity index (χ0) is 8.16. The standard InChI is InChI=1S/C9H16N2/c1-9(5-3-7-10-2)6-4-8-11-9/h4,6,8,10H,3,5,7H2,1-2H3. The van der Waals surface area contributed by atoms with Gasteiger partial charge in [0.1, 0.15) is 0 Å². The molecule has 0 spiro atoms. The summed E-state index contributed by atoms with van der Waals surface area (Å²) in [6.07, 6.45) is 8.41. The van der Waals surface area contributed by atoms with Crippen LogP contribution < -0.4 is 5.32 Å². The number of nitrogens with one attached hydrogen (secondary N) is 1. The lowest BCUT2D eigenvalue weighted by Gasteiger charge is -2.17. The Balaban J connectivity index is 2.25. The van der Waals surface area contributed by atoms with Crippen molar-refractivity contribution in [3.05, 3.63) is 12.2 Å². The summed E-state index contributed by atoms with van der Waals surface area (Å²) in [6.45, 7) is 3.25. The number of aliphatic imine (C=N–C) groups is 1. The van der Waals surface area contributed by atoms with E-state index in [0.29, 0.717) is 0 Å². The van der Waals surface area contributed by atoms with Crippen molar-refractivity contribution >= 4 is 6.21 Å². The third-order valence-electron chi connectivity index (χ3n) is 2.02. The fraction of sp³-hybridized carbons (Fsp3) is 0.667. The Labute approximate surface area is 68.4 Å². The van der Waals surface area contributed by atoms with Gasteiger partial charge in [0.05, 0.1) is 5.54 Å². The van der Waals surface area contributed by atoms with Gasteiger partial charge < -0.3 is 5.32 Å². The second-order valence-electron chi connectivity index (χ2n) is 3.20. The molecule has 0 aromatic heterocycles. The van der Waals surface area contributed by atoms with E-state index >= 15 is 0 Å². The molecule has 1 atom stereocenters. The minimum atomic E-state index is 0.0941. The Kier molecular flexibility index (Phi) is 2.83. The number of rotatable bonds is 4. The van der Waals surface area contributed by atoms with E-state index in [2.05, 4.69) is 23.3 Å². The summed E-state index contributed by atoms with van der Waals surface area (Å²) >= 11 is 0. The van der Waals surface area contributed by atoms with Crippen molar-refractivity contribution in [2.75, 3.05) is 13.6 Å². The van der Waals surface area contributed by atoms with Gasteiger partial charge in [-0.2, -0.15) is 0 Å². The number of nitrogens with zero attached hydrogens (tertiary/aromatic N) is 1. The first-order valence-electron chi connectivity index (χ1n) is 4.14. The van der Waals surface area contributed by atoms with Gasteiger partial charge in [-0.15, -0.1) is 0 Å². The molecule has 0 saturated carbocycles. The summed E-state index contributed by atoms with van der Waals surface area (Å²) in [5, 5.41) is 3.13. The van der Waals surface area contributed by atoms with Gasteiger partial charge in [-0.3, -0.25) is 4.99 Å². The first-order valence-corrected chi connectivity index (χ1v) is 4.14. The average Bonchev–Trinajstić information content (AvgIpc) is 2.38.